The molecule has 5 heteroatoms. The fraction of sp³-hybridized carbons (Fsp3) is 0.353. The average Bonchev–Trinajstić information content (AvgIpc) is 2.51. The summed E-state index contributed by atoms with van der Waals surface area (Å²) in [6.07, 6.45) is 1.07. The van der Waals surface area contributed by atoms with Gasteiger partial charge in [0.05, 0.1) is 11.9 Å². The van der Waals surface area contributed by atoms with Crippen molar-refractivity contribution in [1.29, 1.82) is 0 Å². The van der Waals surface area contributed by atoms with Gasteiger partial charge in [-0.25, -0.2) is 8.78 Å². The van der Waals surface area contributed by atoms with E-state index >= 15 is 0 Å². The van der Waals surface area contributed by atoms with Gasteiger partial charge in [0.1, 0.15) is 11.6 Å². The molecular weight excluding hydrogens is 284 g/mol. The maximum absolute atomic E-state index is 13.7. The van der Waals surface area contributed by atoms with E-state index in [-0.39, 0.29) is 0 Å². The Morgan fingerprint density at radius 3 is 2.55 bits per heavy atom. The van der Waals surface area contributed by atoms with Crippen LogP contribution >= 0.6 is 0 Å². The van der Waals surface area contributed by atoms with Crippen LogP contribution in [0.25, 0.3) is 0 Å². The van der Waals surface area contributed by atoms with E-state index in [9.17, 15) is 8.78 Å². The van der Waals surface area contributed by atoms with Gasteiger partial charge in [-0.05, 0) is 24.6 Å². The zero-order chi connectivity index (χ0) is 15.5. The molecule has 116 valence electrons. The smallest absolute Gasteiger partial charge is 0.148 e. The minimum atomic E-state index is -0.634. The SMILES string of the molecule is Cc1cccc(N2CCN(Cc3ncc(F)cc3F)CC2)c1. The van der Waals surface area contributed by atoms with E-state index in [4.69, 9.17) is 0 Å². The fourth-order valence-corrected chi connectivity index (χ4v) is 2.76. The fourth-order valence-electron chi connectivity index (χ4n) is 2.76. The molecule has 1 aromatic heterocycles. The number of piperazine rings is 1. The summed E-state index contributed by atoms with van der Waals surface area (Å²) in [7, 11) is 0. The monoisotopic (exact) mass is 303 g/mol. The van der Waals surface area contributed by atoms with Crippen LogP contribution in [-0.4, -0.2) is 36.1 Å². The predicted molar refractivity (Wildman–Crippen MR) is 82.8 cm³/mol. The Hall–Kier alpha value is -2.01. The minimum absolute atomic E-state index is 0.311. The topological polar surface area (TPSA) is 19.4 Å². The third-order valence-electron chi connectivity index (χ3n) is 4.00. The first-order chi connectivity index (χ1) is 10.6. The van der Waals surface area contributed by atoms with Gasteiger partial charge in [0, 0.05) is 44.5 Å². The van der Waals surface area contributed by atoms with Crippen molar-refractivity contribution in [2.24, 2.45) is 0 Å². The summed E-state index contributed by atoms with van der Waals surface area (Å²) < 4.78 is 26.5. The van der Waals surface area contributed by atoms with Crippen molar-refractivity contribution in [2.45, 2.75) is 13.5 Å². The minimum Gasteiger partial charge on any atom is -0.369 e. The summed E-state index contributed by atoms with van der Waals surface area (Å²) in [4.78, 5) is 8.34. The summed E-state index contributed by atoms with van der Waals surface area (Å²) in [6, 6.07) is 9.34. The van der Waals surface area contributed by atoms with Crippen molar-refractivity contribution < 1.29 is 8.78 Å². The van der Waals surface area contributed by atoms with Crippen molar-refractivity contribution in [3.63, 3.8) is 0 Å². The van der Waals surface area contributed by atoms with Gasteiger partial charge < -0.3 is 4.90 Å². The number of nitrogens with zero attached hydrogens (tertiary/aromatic N) is 3. The number of halogens is 2. The molecular formula is C17H19F2N3. The third-order valence-corrected chi connectivity index (χ3v) is 4.00. The summed E-state index contributed by atoms with van der Waals surface area (Å²) >= 11 is 0. The lowest BCUT2D eigenvalue weighted by atomic mass is 10.2. The van der Waals surface area contributed by atoms with Crippen LogP contribution in [0.5, 0.6) is 0 Å². The lowest BCUT2D eigenvalue weighted by molar-refractivity contribution is 0.243. The zero-order valence-electron chi connectivity index (χ0n) is 12.6. The first kappa shape index (κ1) is 14.9. The zero-order valence-corrected chi connectivity index (χ0v) is 12.6. The normalized spacial score (nSPS) is 16.0. The van der Waals surface area contributed by atoms with Gasteiger partial charge in [-0.1, -0.05) is 12.1 Å². The highest BCUT2D eigenvalue weighted by Gasteiger charge is 2.19. The van der Waals surface area contributed by atoms with Gasteiger partial charge in [-0.15, -0.1) is 0 Å². The molecule has 0 radical (unpaired) electrons. The number of hydrogen-bond donors (Lipinski definition) is 0. The molecule has 1 saturated heterocycles. The van der Waals surface area contributed by atoms with Crippen LogP contribution in [0.1, 0.15) is 11.3 Å². The maximum Gasteiger partial charge on any atom is 0.148 e. The number of anilines is 1. The molecule has 1 aliphatic heterocycles. The van der Waals surface area contributed by atoms with E-state index < -0.39 is 11.6 Å². The van der Waals surface area contributed by atoms with Crippen LogP contribution in [0.2, 0.25) is 0 Å². The predicted octanol–water partition coefficient (Wildman–Crippen LogP) is 2.99. The molecule has 2 aromatic rings. The molecule has 1 fully saturated rings. The standard InChI is InChI=1S/C17H19F2N3/c1-13-3-2-4-15(9-13)22-7-5-21(6-8-22)12-17-16(19)10-14(18)11-20-17/h2-4,9-11H,5-8,12H2,1H3. The van der Waals surface area contributed by atoms with E-state index in [0.29, 0.717) is 12.2 Å². The van der Waals surface area contributed by atoms with Crippen molar-refractivity contribution in [2.75, 3.05) is 31.1 Å². The van der Waals surface area contributed by atoms with E-state index in [2.05, 4.69) is 46.0 Å². The first-order valence-electron chi connectivity index (χ1n) is 7.46. The third kappa shape index (κ3) is 3.42. The molecule has 0 atom stereocenters. The number of rotatable bonds is 3. The number of benzene rings is 1. The highest BCUT2D eigenvalue weighted by Crippen LogP contribution is 2.19. The lowest BCUT2D eigenvalue weighted by Gasteiger charge is -2.36. The Balaban J connectivity index is 1.60. The molecule has 0 unspecified atom stereocenters. The second-order valence-electron chi connectivity index (χ2n) is 5.68. The Labute approximate surface area is 129 Å². The van der Waals surface area contributed by atoms with Gasteiger partial charge in [-0.3, -0.25) is 9.88 Å². The molecule has 1 aliphatic rings. The van der Waals surface area contributed by atoms with Crippen LogP contribution in [0.15, 0.2) is 36.5 Å². The quantitative estimate of drug-likeness (QED) is 0.869. The van der Waals surface area contributed by atoms with Gasteiger partial charge in [-0.2, -0.15) is 0 Å². The second kappa shape index (κ2) is 6.40. The van der Waals surface area contributed by atoms with Crippen LogP contribution in [0.4, 0.5) is 14.5 Å². The molecule has 1 aromatic carbocycles. The molecule has 2 heterocycles. The Morgan fingerprint density at radius 2 is 1.86 bits per heavy atom. The van der Waals surface area contributed by atoms with Crippen molar-refractivity contribution in [3.05, 3.63) is 59.4 Å². The van der Waals surface area contributed by atoms with Crippen LogP contribution in [0, 0.1) is 18.6 Å². The number of pyridine rings is 1. The second-order valence-corrected chi connectivity index (χ2v) is 5.68. The molecule has 3 rings (SSSR count). The summed E-state index contributed by atoms with van der Waals surface area (Å²) in [5.74, 6) is -1.20. The summed E-state index contributed by atoms with van der Waals surface area (Å²) in [6.45, 7) is 5.98. The summed E-state index contributed by atoms with van der Waals surface area (Å²) in [5.41, 5.74) is 2.79. The van der Waals surface area contributed by atoms with E-state index in [1.165, 1.54) is 11.3 Å². The highest BCUT2D eigenvalue weighted by atomic mass is 19.1. The maximum atomic E-state index is 13.7. The van der Waals surface area contributed by atoms with E-state index in [1.807, 2.05) is 0 Å². The average molecular weight is 303 g/mol. The van der Waals surface area contributed by atoms with Gasteiger partial charge in [0.15, 0.2) is 0 Å². The molecule has 0 saturated carbocycles. The largest absolute Gasteiger partial charge is 0.369 e. The molecule has 0 aliphatic carbocycles. The molecule has 0 amide bonds. The number of aromatic nitrogens is 1. The van der Waals surface area contributed by atoms with E-state index in [0.717, 1.165) is 38.4 Å². The van der Waals surface area contributed by atoms with Gasteiger partial charge in [0.2, 0.25) is 0 Å². The van der Waals surface area contributed by atoms with Crippen LogP contribution in [-0.2, 0) is 6.54 Å². The van der Waals surface area contributed by atoms with Gasteiger partial charge in [0.25, 0.3) is 0 Å². The van der Waals surface area contributed by atoms with E-state index in [1.54, 1.807) is 0 Å². The Kier molecular flexibility index (Phi) is 4.34. The molecule has 22 heavy (non-hydrogen) atoms. The first-order valence-corrected chi connectivity index (χ1v) is 7.46. The Morgan fingerprint density at radius 1 is 1.09 bits per heavy atom. The van der Waals surface area contributed by atoms with Crippen molar-refractivity contribution >= 4 is 5.69 Å². The molecule has 0 bridgehead atoms. The molecule has 0 N–H and O–H groups in total. The van der Waals surface area contributed by atoms with Crippen LogP contribution in [0.3, 0.4) is 0 Å². The molecule has 0 spiro atoms. The highest BCUT2D eigenvalue weighted by molar-refractivity contribution is 5.48. The van der Waals surface area contributed by atoms with Crippen molar-refractivity contribution in [1.82, 2.24) is 9.88 Å². The van der Waals surface area contributed by atoms with Crippen LogP contribution < -0.4 is 4.90 Å². The number of hydrogen-bond acceptors (Lipinski definition) is 3. The summed E-state index contributed by atoms with van der Waals surface area (Å²) in [5, 5.41) is 0. The Bertz CT molecular complexity index is 652. The number of aryl methyl sites for hydroxylation is 1. The van der Waals surface area contributed by atoms with Crippen molar-refractivity contribution in [3.8, 4) is 0 Å². The lowest BCUT2D eigenvalue weighted by Crippen LogP contribution is -2.46. The molecule has 3 nitrogen and oxygen atoms in total. The van der Waals surface area contributed by atoms with Gasteiger partial charge >= 0.3 is 0 Å².